The maximum atomic E-state index is 12.3. The number of likely N-dealkylation sites (tertiary alicyclic amines) is 1. The number of H-pyrrole nitrogens is 1. The summed E-state index contributed by atoms with van der Waals surface area (Å²) in [5.41, 5.74) is 1.67. The van der Waals surface area contributed by atoms with Gasteiger partial charge in [0.1, 0.15) is 11.4 Å². The number of nitrogens with zero attached hydrogens (tertiary/aromatic N) is 2. The van der Waals surface area contributed by atoms with Crippen LogP contribution in [0.5, 0.6) is 5.75 Å². The second-order valence-corrected chi connectivity index (χ2v) is 8.19. The van der Waals surface area contributed by atoms with E-state index in [9.17, 15) is 4.79 Å². The number of aromatic nitrogens is 2. The number of hydrogen-bond acceptors (Lipinski definition) is 5. The van der Waals surface area contributed by atoms with E-state index in [4.69, 9.17) is 9.47 Å². The molecule has 3 aliphatic rings. The SMILES string of the molecule is COc1ccccc1CN1C[C@@H]2[C@H](CNC(=O)c3cnc[nH]3)[C@H]3CC[C@]2(C1)O3. The zero-order valence-corrected chi connectivity index (χ0v) is 16.1. The predicted octanol–water partition coefficient (Wildman–Crippen LogP) is 1.83. The highest BCUT2D eigenvalue weighted by Crippen LogP contribution is 2.54. The summed E-state index contributed by atoms with van der Waals surface area (Å²) in [5, 5.41) is 3.08. The first-order valence-corrected chi connectivity index (χ1v) is 9.97. The van der Waals surface area contributed by atoms with Gasteiger partial charge in [0.05, 0.1) is 31.3 Å². The molecule has 1 aromatic heterocycles. The van der Waals surface area contributed by atoms with Crippen molar-refractivity contribution in [1.29, 1.82) is 0 Å². The monoisotopic (exact) mass is 382 g/mol. The lowest BCUT2D eigenvalue weighted by Gasteiger charge is -2.29. The van der Waals surface area contributed by atoms with Gasteiger partial charge >= 0.3 is 0 Å². The van der Waals surface area contributed by atoms with E-state index < -0.39 is 0 Å². The van der Waals surface area contributed by atoms with E-state index in [1.165, 1.54) is 11.9 Å². The number of rotatable bonds is 6. The number of carbonyl (C=O) groups is 1. The average Bonchev–Trinajstić information content (AvgIpc) is 3.47. The van der Waals surface area contributed by atoms with Gasteiger partial charge in [-0.3, -0.25) is 9.69 Å². The normalized spacial score (nSPS) is 31.1. The molecule has 1 amide bonds. The molecule has 0 radical (unpaired) electrons. The Kier molecular flexibility index (Phi) is 4.36. The highest BCUT2D eigenvalue weighted by Gasteiger charge is 2.62. The van der Waals surface area contributed by atoms with Crippen molar-refractivity contribution < 1.29 is 14.3 Å². The van der Waals surface area contributed by atoms with Crippen LogP contribution in [-0.4, -0.2) is 59.2 Å². The number of benzene rings is 1. The summed E-state index contributed by atoms with van der Waals surface area (Å²) in [4.78, 5) is 21.5. The summed E-state index contributed by atoms with van der Waals surface area (Å²) < 4.78 is 12.0. The molecule has 4 atom stereocenters. The van der Waals surface area contributed by atoms with Crippen molar-refractivity contribution in [3.63, 3.8) is 0 Å². The van der Waals surface area contributed by atoms with Crippen LogP contribution in [0, 0.1) is 11.8 Å². The largest absolute Gasteiger partial charge is 0.496 e. The van der Waals surface area contributed by atoms with Gasteiger partial charge in [0.25, 0.3) is 5.91 Å². The van der Waals surface area contributed by atoms with Crippen LogP contribution in [0.1, 0.15) is 28.9 Å². The highest BCUT2D eigenvalue weighted by molar-refractivity contribution is 5.91. The Morgan fingerprint density at radius 3 is 3.18 bits per heavy atom. The molecule has 0 aliphatic carbocycles. The first-order chi connectivity index (χ1) is 13.7. The van der Waals surface area contributed by atoms with Gasteiger partial charge in [0, 0.05) is 43.6 Å². The van der Waals surface area contributed by atoms with E-state index >= 15 is 0 Å². The van der Waals surface area contributed by atoms with Crippen LogP contribution in [-0.2, 0) is 11.3 Å². The smallest absolute Gasteiger partial charge is 0.269 e. The van der Waals surface area contributed by atoms with E-state index in [0.29, 0.717) is 24.1 Å². The van der Waals surface area contributed by atoms with E-state index in [1.54, 1.807) is 13.3 Å². The molecular weight excluding hydrogens is 356 g/mol. The fourth-order valence-corrected chi connectivity index (χ4v) is 5.44. The van der Waals surface area contributed by atoms with Crippen LogP contribution in [0.3, 0.4) is 0 Å². The van der Waals surface area contributed by atoms with Crippen LogP contribution in [0.2, 0.25) is 0 Å². The molecule has 148 valence electrons. The van der Waals surface area contributed by atoms with Gasteiger partial charge < -0.3 is 19.8 Å². The van der Waals surface area contributed by atoms with E-state index in [0.717, 1.165) is 38.2 Å². The molecule has 1 aromatic carbocycles. The lowest BCUT2D eigenvalue weighted by Crippen LogP contribution is -2.42. The van der Waals surface area contributed by atoms with Gasteiger partial charge in [-0.1, -0.05) is 18.2 Å². The molecule has 2 N–H and O–H groups in total. The number of ether oxygens (including phenoxy) is 2. The maximum Gasteiger partial charge on any atom is 0.269 e. The number of methoxy groups -OCH3 is 1. The number of carbonyl (C=O) groups excluding carboxylic acids is 1. The molecule has 4 heterocycles. The molecule has 28 heavy (non-hydrogen) atoms. The summed E-state index contributed by atoms with van der Waals surface area (Å²) in [6.07, 6.45) is 5.55. The number of fused-ring (bicyclic) bond motifs is 1. The molecule has 3 aliphatic heterocycles. The molecule has 2 bridgehead atoms. The minimum absolute atomic E-state index is 0.0456. The lowest BCUT2D eigenvalue weighted by molar-refractivity contribution is 0.00207. The molecule has 2 aromatic rings. The average molecular weight is 382 g/mol. The van der Waals surface area contributed by atoms with Gasteiger partial charge in [-0.25, -0.2) is 4.98 Å². The fourth-order valence-electron chi connectivity index (χ4n) is 5.44. The van der Waals surface area contributed by atoms with Crippen molar-refractivity contribution in [3.8, 4) is 5.75 Å². The fraction of sp³-hybridized carbons (Fsp3) is 0.524. The Balaban J connectivity index is 1.26. The zero-order chi connectivity index (χ0) is 19.1. The molecule has 7 heteroatoms. The predicted molar refractivity (Wildman–Crippen MR) is 103 cm³/mol. The van der Waals surface area contributed by atoms with Crippen molar-refractivity contribution in [3.05, 3.63) is 48.0 Å². The van der Waals surface area contributed by atoms with Gasteiger partial charge in [-0.15, -0.1) is 0 Å². The Hall–Kier alpha value is -2.38. The van der Waals surface area contributed by atoms with Crippen LogP contribution in [0.15, 0.2) is 36.8 Å². The third-order valence-electron chi connectivity index (χ3n) is 6.68. The second kappa shape index (κ2) is 6.90. The molecule has 3 saturated heterocycles. The van der Waals surface area contributed by atoms with Gasteiger partial charge in [-0.2, -0.15) is 0 Å². The van der Waals surface area contributed by atoms with Crippen LogP contribution >= 0.6 is 0 Å². The Morgan fingerprint density at radius 1 is 1.46 bits per heavy atom. The number of imidazole rings is 1. The third-order valence-corrected chi connectivity index (χ3v) is 6.68. The van der Waals surface area contributed by atoms with E-state index in [1.807, 2.05) is 12.1 Å². The summed E-state index contributed by atoms with van der Waals surface area (Å²) >= 11 is 0. The lowest BCUT2D eigenvalue weighted by atomic mass is 9.73. The summed E-state index contributed by atoms with van der Waals surface area (Å²) in [6.45, 7) is 3.47. The van der Waals surface area contributed by atoms with Crippen molar-refractivity contribution in [1.82, 2.24) is 20.2 Å². The van der Waals surface area contributed by atoms with Crippen LogP contribution in [0.4, 0.5) is 0 Å². The summed E-state index contributed by atoms with van der Waals surface area (Å²) in [5.74, 6) is 1.66. The van der Waals surface area contributed by atoms with Crippen molar-refractivity contribution >= 4 is 5.91 Å². The van der Waals surface area contributed by atoms with Gasteiger partial charge in [0.2, 0.25) is 0 Å². The molecule has 0 saturated carbocycles. The van der Waals surface area contributed by atoms with Crippen molar-refractivity contribution in [2.24, 2.45) is 11.8 Å². The molecule has 7 nitrogen and oxygen atoms in total. The minimum Gasteiger partial charge on any atom is -0.496 e. The molecule has 5 rings (SSSR count). The topological polar surface area (TPSA) is 79.5 Å². The van der Waals surface area contributed by atoms with Gasteiger partial charge in [-0.05, 0) is 18.9 Å². The first-order valence-electron chi connectivity index (χ1n) is 9.97. The Labute approximate surface area is 164 Å². The van der Waals surface area contributed by atoms with E-state index in [-0.39, 0.29) is 17.6 Å². The van der Waals surface area contributed by atoms with Crippen molar-refractivity contribution in [2.75, 3.05) is 26.7 Å². The molecule has 0 unspecified atom stereocenters. The quantitative estimate of drug-likeness (QED) is 0.797. The molecule has 1 spiro atoms. The Morgan fingerprint density at radius 2 is 2.36 bits per heavy atom. The third kappa shape index (κ3) is 2.89. The minimum atomic E-state index is -0.0989. The Bertz CT molecular complexity index is 855. The number of amides is 1. The maximum absolute atomic E-state index is 12.3. The zero-order valence-electron chi connectivity index (χ0n) is 16.1. The van der Waals surface area contributed by atoms with Crippen molar-refractivity contribution in [2.45, 2.75) is 31.1 Å². The second-order valence-electron chi connectivity index (χ2n) is 8.19. The first kappa shape index (κ1) is 17.7. The number of hydrogen-bond donors (Lipinski definition) is 2. The number of para-hydroxylation sites is 1. The summed E-state index contributed by atoms with van der Waals surface area (Å²) in [6, 6.07) is 8.21. The highest BCUT2D eigenvalue weighted by atomic mass is 16.5. The molecular formula is C21H26N4O3. The standard InChI is InChI=1S/C21H26N4O3/c1-27-18-5-3-2-4-14(18)10-25-11-16-15(19-6-7-21(16,12-25)28-19)8-23-20(26)17-9-22-13-24-17/h2-5,9,13,15-16,19H,6-8,10-12H2,1H3,(H,22,24)(H,23,26)/t15-,16+,19+,21+/m0/s1. The number of aromatic amines is 1. The van der Waals surface area contributed by atoms with Gasteiger partial charge in [0.15, 0.2) is 0 Å². The van der Waals surface area contributed by atoms with Crippen LogP contribution in [0.25, 0.3) is 0 Å². The van der Waals surface area contributed by atoms with Crippen LogP contribution < -0.4 is 10.1 Å². The number of nitrogens with one attached hydrogen (secondary N) is 2. The van der Waals surface area contributed by atoms with E-state index in [2.05, 4.69) is 32.3 Å². The summed E-state index contributed by atoms with van der Waals surface area (Å²) in [7, 11) is 1.72. The molecule has 3 fully saturated rings.